The average molecular weight is 635 g/mol. The van der Waals surface area contributed by atoms with Crippen molar-refractivity contribution in [2.75, 3.05) is 0 Å². The largest absolute Gasteiger partial charge is 0.291 e. The number of rotatable bonds is 2. The maximum absolute atomic E-state index is 5.19. The summed E-state index contributed by atoms with van der Waals surface area (Å²) >= 11 is 3.55. The van der Waals surface area contributed by atoms with Gasteiger partial charge in [-0.05, 0) is 76.0 Å². The second-order valence-corrected chi connectivity index (χ2v) is 14.2. The van der Waals surface area contributed by atoms with Crippen LogP contribution in [0.3, 0.4) is 0 Å². The minimum Gasteiger partial charge on any atom is -0.291 e. The van der Waals surface area contributed by atoms with E-state index in [-0.39, 0.29) is 0 Å². The fraction of sp³-hybridized carbons (Fsp3) is 0. The summed E-state index contributed by atoms with van der Waals surface area (Å²) in [4.78, 5) is 16.0. The smallest absolute Gasteiger partial charge is 0.156 e. The van der Waals surface area contributed by atoms with E-state index in [2.05, 4.69) is 114 Å². The second-order valence-electron chi connectivity index (χ2n) is 12.1. The summed E-state index contributed by atoms with van der Waals surface area (Å²) in [7, 11) is 0. The van der Waals surface area contributed by atoms with Crippen LogP contribution in [-0.4, -0.2) is 19.4 Å². The number of pyridine rings is 1. The van der Waals surface area contributed by atoms with E-state index in [1.165, 1.54) is 46.8 Å². The lowest BCUT2D eigenvalue weighted by atomic mass is 10.0. The molecule has 0 aliphatic rings. The van der Waals surface area contributed by atoms with Crippen molar-refractivity contribution in [3.05, 3.63) is 133 Å². The van der Waals surface area contributed by atoms with Crippen LogP contribution in [0.5, 0.6) is 0 Å². The molecule has 0 spiro atoms. The van der Waals surface area contributed by atoms with Crippen molar-refractivity contribution in [1.82, 2.24) is 19.4 Å². The lowest BCUT2D eigenvalue weighted by molar-refractivity contribution is 1.25. The van der Waals surface area contributed by atoms with Crippen molar-refractivity contribution in [2.45, 2.75) is 0 Å². The molecule has 11 rings (SSSR count). The molecule has 0 atom stereocenters. The fourth-order valence-corrected chi connectivity index (χ4v) is 9.35. The molecule has 0 saturated heterocycles. The van der Waals surface area contributed by atoms with Crippen molar-refractivity contribution >= 4 is 102 Å². The molecule has 47 heavy (non-hydrogen) atoms. The summed E-state index contributed by atoms with van der Waals surface area (Å²) in [6.07, 6.45) is 0. The Morgan fingerprint density at radius 3 is 2.00 bits per heavy atom. The molecule has 0 amide bonds. The van der Waals surface area contributed by atoms with Crippen LogP contribution in [-0.2, 0) is 0 Å². The Hall–Kier alpha value is -5.69. The first-order valence-corrected chi connectivity index (χ1v) is 17.2. The molecule has 6 aromatic carbocycles. The zero-order valence-electron chi connectivity index (χ0n) is 24.8. The topological polar surface area (TPSA) is 43.1 Å². The van der Waals surface area contributed by atoms with E-state index in [9.17, 15) is 0 Å². The highest BCUT2D eigenvalue weighted by atomic mass is 32.1. The standard InChI is InChI=1S/C41H22N4S2/c1-2-8-26-20-37-29(19-25(26)7-1)30-22-35(45-34-12-6-5-11-33(34)43-40(45)39(30)46-37)24-15-13-23(14-16-24)27-17-18-28-36(21-27)47-41-38(28)42-31-9-3-4-10-32(31)44-41/h1-22H. The molecule has 0 aliphatic carbocycles. The molecule has 218 valence electrons. The number of para-hydroxylation sites is 4. The van der Waals surface area contributed by atoms with Gasteiger partial charge in [-0.15, -0.1) is 22.7 Å². The molecule has 11 aromatic rings. The summed E-state index contributed by atoms with van der Waals surface area (Å²) in [6.45, 7) is 0. The van der Waals surface area contributed by atoms with Gasteiger partial charge in [-0.3, -0.25) is 4.40 Å². The molecule has 4 nitrogen and oxygen atoms in total. The predicted octanol–water partition coefficient (Wildman–Crippen LogP) is 11.7. The van der Waals surface area contributed by atoms with Gasteiger partial charge in [-0.2, -0.15) is 0 Å². The molecule has 5 aromatic heterocycles. The number of hydrogen-bond acceptors (Lipinski definition) is 5. The first-order valence-electron chi connectivity index (χ1n) is 15.6. The van der Waals surface area contributed by atoms with Gasteiger partial charge in [0.2, 0.25) is 0 Å². The molecule has 0 unspecified atom stereocenters. The summed E-state index contributed by atoms with van der Waals surface area (Å²) in [6, 6.07) is 47.8. The molecular formula is C41H22N4S2. The molecular weight excluding hydrogens is 613 g/mol. The van der Waals surface area contributed by atoms with Gasteiger partial charge in [-0.1, -0.05) is 84.9 Å². The number of benzene rings is 6. The molecule has 0 saturated carbocycles. The minimum atomic E-state index is 0.932. The Labute approximate surface area is 275 Å². The molecule has 6 heteroatoms. The van der Waals surface area contributed by atoms with E-state index in [0.717, 1.165) is 54.7 Å². The highest BCUT2D eigenvalue weighted by Gasteiger charge is 2.18. The Bertz CT molecular complexity index is 3080. The molecule has 0 aliphatic heterocycles. The minimum absolute atomic E-state index is 0.932. The third-order valence-corrected chi connectivity index (χ3v) is 11.6. The third-order valence-electron chi connectivity index (χ3n) is 9.38. The first-order chi connectivity index (χ1) is 23.2. The van der Waals surface area contributed by atoms with Crippen LogP contribution in [0.2, 0.25) is 0 Å². The maximum Gasteiger partial charge on any atom is 0.156 e. The Balaban J connectivity index is 1.09. The van der Waals surface area contributed by atoms with E-state index in [4.69, 9.17) is 15.0 Å². The summed E-state index contributed by atoms with van der Waals surface area (Å²) in [5.74, 6) is 0. The number of aromatic nitrogens is 4. The number of hydrogen-bond donors (Lipinski definition) is 0. The van der Waals surface area contributed by atoms with E-state index in [1.807, 2.05) is 35.6 Å². The number of thiophene rings is 2. The van der Waals surface area contributed by atoms with Crippen molar-refractivity contribution in [3.63, 3.8) is 0 Å². The molecule has 0 fully saturated rings. The average Bonchev–Trinajstić information content (AvgIpc) is 3.80. The van der Waals surface area contributed by atoms with Gasteiger partial charge >= 0.3 is 0 Å². The van der Waals surface area contributed by atoms with Crippen LogP contribution in [0.15, 0.2) is 133 Å². The fourth-order valence-electron chi connectivity index (χ4n) is 7.10. The van der Waals surface area contributed by atoms with Crippen molar-refractivity contribution in [3.8, 4) is 22.4 Å². The van der Waals surface area contributed by atoms with Crippen LogP contribution in [0, 0.1) is 0 Å². The van der Waals surface area contributed by atoms with Crippen LogP contribution >= 0.6 is 22.7 Å². The molecule has 5 heterocycles. The summed E-state index contributed by atoms with van der Waals surface area (Å²) in [5.41, 5.74) is 10.7. The maximum atomic E-state index is 5.19. The van der Waals surface area contributed by atoms with Crippen molar-refractivity contribution < 1.29 is 0 Å². The lowest BCUT2D eigenvalue weighted by Crippen LogP contribution is -1.93. The zero-order valence-corrected chi connectivity index (χ0v) is 26.4. The third kappa shape index (κ3) is 3.71. The van der Waals surface area contributed by atoms with Gasteiger partial charge < -0.3 is 0 Å². The van der Waals surface area contributed by atoms with Gasteiger partial charge in [0.1, 0.15) is 10.3 Å². The highest BCUT2D eigenvalue weighted by molar-refractivity contribution is 7.26. The highest BCUT2D eigenvalue weighted by Crippen LogP contribution is 2.42. The molecule has 0 N–H and O–H groups in total. The van der Waals surface area contributed by atoms with Crippen LogP contribution in [0.4, 0.5) is 0 Å². The Morgan fingerprint density at radius 2 is 1.15 bits per heavy atom. The zero-order chi connectivity index (χ0) is 30.6. The molecule has 0 radical (unpaired) electrons. The lowest BCUT2D eigenvalue weighted by Gasteiger charge is -2.10. The quantitative estimate of drug-likeness (QED) is 0.190. The number of nitrogens with zero attached hydrogens (tertiary/aromatic N) is 4. The van der Waals surface area contributed by atoms with E-state index < -0.39 is 0 Å². The SMILES string of the molecule is c1ccc2cc3c(cc2c1)sc1c3cc(-c2ccc(-c3ccc4c(c3)sc3nc5ccccc5nc34)cc2)n2c3ccccc3nc12. The van der Waals surface area contributed by atoms with E-state index >= 15 is 0 Å². The van der Waals surface area contributed by atoms with Crippen LogP contribution < -0.4 is 0 Å². The van der Waals surface area contributed by atoms with Crippen molar-refractivity contribution in [1.29, 1.82) is 0 Å². The van der Waals surface area contributed by atoms with Gasteiger partial charge in [-0.25, -0.2) is 15.0 Å². The first kappa shape index (κ1) is 25.5. The number of imidazole rings is 1. The van der Waals surface area contributed by atoms with Gasteiger partial charge in [0.05, 0.1) is 32.5 Å². The van der Waals surface area contributed by atoms with E-state index in [0.29, 0.717) is 0 Å². The predicted molar refractivity (Wildman–Crippen MR) is 200 cm³/mol. The van der Waals surface area contributed by atoms with Crippen LogP contribution in [0.25, 0.3) is 101 Å². The van der Waals surface area contributed by atoms with Crippen LogP contribution in [0.1, 0.15) is 0 Å². The molecule has 0 bridgehead atoms. The van der Waals surface area contributed by atoms with Gasteiger partial charge in [0, 0.05) is 25.6 Å². The monoisotopic (exact) mass is 634 g/mol. The normalized spacial score (nSPS) is 12.3. The Morgan fingerprint density at radius 1 is 0.468 bits per heavy atom. The van der Waals surface area contributed by atoms with E-state index in [1.54, 1.807) is 11.3 Å². The van der Waals surface area contributed by atoms with Crippen molar-refractivity contribution in [2.24, 2.45) is 0 Å². The van der Waals surface area contributed by atoms with Gasteiger partial charge in [0.25, 0.3) is 0 Å². The summed E-state index contributed by atoms with van der Waals surface area (Å²) in [5, 5.41) is 6.21. The second kappa shape index (κ2) is 9.42. The Kier molecular flexibility index (Phi) is 5.11. The van der Waals surface area contributed by atoms with Gasteiger partial charge in [0.15, 0.2) is 5.65 Å². The summed E-state index contributed by atoms with van der Waals surface area (Å²) < 4.78 is 6.05. The number of fused-ring (bicyclic) bond motifs is 12.